The van der Waals surface area contributed by atoms with Gasteiger partial charge in [0.1, 0.15) is 5.78 Å². The van der Waals surface area contributed by atoms with Crippen molar-refractivity contribution >= 4 is 17.5 Å². The Morgan fingerprint density at radius 3 is 2.38 bits per heavy atom. The summed E-state index contributed by atoms with van der Waals surface area (Å²) in [5.41, 5.74) is 5.20. The number of aryl methyl sites for hydroxylation is 1. The lowest BCUT2D eigenvalue weighted by Crippen LogP contribution is -2.44. The van der Waals surface area contributed by atoms with Gasteiger partial charge in [0.25, 0.3) is 0 Å². The summed E-state index contributed by atoms with van der Waals surface area (Å²) in [5.74, 6) is -0.959. The summed E-state index contributed by atoms with van der Waals surface area (Å²) < 4.78 is 5.71. The second-order valence-electron chi connectivity index (χ2n) is 9.82. The quantitative estimate of drug-likeness (QED) is 0.582. The summed E-state index contributed by atoms with van der Waals surface area (Å²) in [6.45, 7) is 8.41. The molecule has 0 saturated heterocycles. The van der Waals surface area contributed by atoms with Crippen molar-refractivity contribution in [2.75, 3.05) is 6.61 Å². The van der Waals surface area contributed by atoms with Crippen molar-refractivity contribution in [1.82, 2.24) is 0 Å². The number of carbonyl (C=O) groups excluding carboxylic acids is 2. The summed E-state index contributed by atoms with van der Waals surface area (Å²) in [4.78, 5) is 31.4. The van der Waals surface area contributed by atoms with Crippen LogP contribution in [0.5, 0.6) is 0 Å². The maximum atomic E-state index is 13.3. The van der Waals surface area contributed by atoms with Gasteiger partial charge < -0.3 is 4.74 Å². The molecule has 4 heteroatoms. The molecule has 0 bridgehead atoms. The largest absolute Gasteiger partial charge is 0.462 e. The maximum absolute atomic E-state index is 13.3. The van der Waals surface area contributed by atoms with E-state index in [1.807, 2.05) is 68.4 Å². The number of ketones is 1. The van der Waals surface area contributed by atoms with Crippen LogP contribution in [-0.2, 0) is 20.7 Å². The maximum Gasteiger partial charge on any atom is 0.336 e. The zero-order valence-electron chi connectivity index (χ0n) is 19.4. The van der Waals surface area contributed by atoms with E-state index in [1.54, 1.807) is 0 Å². The number of aliphatic imine (C=N–C) groups is 1. The summed E-state index contributed by atoms with van der Waals surface area (Å²) >= 11 is 0. The summed E-state index contributed by atoms with van der Waals surface area (Å²) in [7, 11) is 0. The molecule has 2 aromatic rings. The molecule has 1 aliphatic carbocycles. The zero-order valence-corrected chi connectivity index (χ0v) is 19.4. The monoisotopic (exact) mass is 429 g/mol. The highest BCUT2D eigenvalue weighted by molar-refractivity contribution is 6.12. The average Bonchev–Trinajstić information content (AvgIpc) is 2.73. The van der Waals surface area contributed by atoms with Crippen LogP contribution in [0.15, 0.2) is 70.9 Å². The number of carbonyl (C=O) groups is 2. The third-order valence-corrected chi connectivity index (χ3v) is 6.49. The Hall–Kier alpha value is -3.01. The predicted molar refractivity (Wildman–Crippen MR) is 127 cm³/mol. The van der Waals surface area contributed by atoms with Gasteiger partial charge in [-0.25, -0.2) is 4.79 Å². The van der Waals surface area contributed by atoms with Gasteiger partial charge in [0.05, 0.1) is 18.1 Å². The normalized spacial score (nSPS) is 22.2. The van der Waals surface area contributed by atoms with Crippen LogP contribution in [0.1, 0.15) is 56.2 Å². The van der Waals surface area contributed by atoms with Crippen LogP contribution in [0.25, 0.3) is 0 Å². The van der Waals surface area contributed by atoms with E-state index in [4.69, 9.17) is 9.73 Å². The number of nitrogens with zero attached hydrogens (tertiary/aromatic N) is 1. The van der Waals surface area contributed by atoms with E-state index in [2.05, 4.69) is 13.8 Å². The molecule has 1 heterocycles. The summed E-state index contributed by atoms with van der Waals surface area (Å²) in [6, 6.07) is 18.1. The summed E-state index contributed by atoms with van der Waals surface area (Å²) in [6.07, 6.45) is 1.91. The van der Waals surface area contributed by atoms with E-state index in [0.29, 0.717) is 30.7 Å². The molecule has 4 nitrogen and oxygen atoms in total. The Labute approximate surface area is 190 Å². The van der Waals surface area contributed by atoms with Crippen molar-refractivity contribution in [3.05, 3.63) is 82.6 Å². The number of allylic oxidation sites excluding steroid dienone is 1. The molecule has 1 saturated carbocycles. The van der Waals surface area contributed by atoms with E-state index < -0.39 is 5.92 Å². The molecular weight excluding hydrogens is 398 g/mol. The predicted octanol–water partition coefficient (Wildman–Crippen LogP) is 5.60. The van der Waals surface area contributed by atoms with Crippen LogP contribution >= 0.6 is 0 Å². The lowest BCUT2D eigenvalue weighted by Gasteiger charge is -2.41. The lowest BCUT2D eigenvalue weighted by molar-refractivity contribution is -0.139. The van der Waals surface area contributed by atoms with E-state index >= 15 is 0 Å². The van der Waals surface area contributed by atoms with Gasteiger partial charge in [0.2, 0.25) is 0 Å². The topological polar surface area (TPSA) is 55.7 Å². The molecule has 32 heavy (non-hydrogen) atoms. The highest BCUT2D eigenvalue weighted by Crippen LogP contribution is 2.47. The average molecular weight is 430 g/mol. The fourth-order valence-electron chi connectivity index (χ4n) is 4.98. The molecule has 1 fully saturated rings. The van der Waals surface area contributed by atoms with Crippen LogP contribution < -0.4 is 0 Å². The number of benzene rings is 2. The Morgan fingerprint density at radius 2 is 1.69 bits per heavy atom. The van der Waals surface area contributed by atoms with Crippen LogP contribution in [0.2, 0.25) is 0 Å². The number of fused-ring (bicyclic) bond motifs is 1. The molecule has 2 atom stereocenters. The molecular formula is C28H31NO3. The number of Topliss-reactive ketones (excluding diaryl/α,β-unsaturated/α-hetero) is 1. The molecule has 2 aliphatic rings. The van der Waals surface area contributed by atoms with E-state index in [9.17, 15) is 9.59 Å². The van der Waals surface area contributed by atoms with Crippen LogP contribution in [0, 0.1) is 18.3 Å². The van der Waals surface area contributed by atoms with E-state index in [-0.39, 0.29) is 23.1 Å². The Morgan fingerprint density at radius 1 is 1.00 bits per heavy atom. The van der Waals surface area contributed by atoms with Crippen molar-refractivity contribution in [1.29, 1.82) is 0 Å². The molecule has 0 aromatic heterocycles. The van der Waals surface area contributed by atoms with Gasteiger partial charge in [-0.1, -0.05) is 74.0 Å². The first kappa shape index (κ1) is 22.2. The molecule has 166 valence electrons. The van der Waals surface area contributed by atoms with E-state index in [1.165, 1.54) is 0 Å². The molecule has 0 N–H and O–H groups in total. The van der Waals surface area contributed by atoms with Gasteiger partial charge in [-0.2, -0.15) is 0 Å². The van der Waals surface area contributed by atoms with Crippen molar-refractivity contribution < 1.29 is 14.3 Å². The number of hydrogen-bond acceptors (Lipinski definition) is 4. The van der Waals surface area contributed by atoms with E-state index in [0.717, 1.165) is 28.8 Å². The third kappa shape index (κ3) is 4.59. The summed E-state index contributed by atoms with van der Waals surface area (Å²) in [5, 5.41) is 0. The SMILES string of the molecule is CC1=C(C(=O)OCCc2ccccc2)[C@@H](c2ccc(C)cc2)C2C(=O)CC(C)(C)CC2=N1. The first-order valence-corrected chi connectivity index (χ1v) is 11.3. The Kier molecular flexibility index (Phi) is 6.14. The molecule has 0 radical (unpaired) electrons. The highest BCUT2D eigenvalue weighted by Gasteiger charge is 2.47. The standard InChI is InChI=1S/C28H31NO3/c1-18-10-12-21(13-11-18)25-24(27(31)32-15-14-20-8-6-5-7-9-20)19(2)29-22-16-28(3,4)17-23(30)26(22)25/h5-13,25-26H,14-17H2,1-4H3/t25-,26?/m1/s1. The van der Waals surface area contributed by atoms with Crippen LogP contribution in [0.3, 0.4) is 0 Å². The first-order valence-electron chi connectivity index (χ1n) is 11.3. The van der Waals surface area contributed by atoms with Crippen molar-refractivity contribution in [2.24, 2.45) is 16.3 Å². The van der Waals surface area contributed by atoms with Crippen LogP contribution in [0.4, 0.5) is 0 Å². The van der Waals surface area contributed by atoms with Crippen molar-refractivity contribution in [2.45, 2.75) is 52.9 Å². The minimum atomic E-state index is -0.397. The molecule has 0 spiro atoms. The smallest absolute Gasteiger partial charge is 0.336 e. The molecule has 2 aromatic carbocycles. The third-order valence-electron chi connectivity index (χ3n) is 6.49. The number of ether oxygens (including phenoxy) is 1. The van der Waals surface area contributed by atoms with Gasteiger partial charge in [0, 0.05) is 30.2 Å². The van der Waals surface area contributed by atoms with Crippen molar-refractivity contribution in [3.8, 4) is 0 Å². The van der Waals surface area contributed by atoms with Gasteiger partial charge in [-0.15, -0.1) is 0 Å². The molecule has 1 unspecified atom stereocenters. The second kappa shape index (κ2) is 8.85. The highest BCUT2D eigenvalue weighted by atomic mass is 16.5. The number of esters is 1. The molecule has 0 amide bonds. The van der Waals surface area contributed by atoms with Crippen molar-refractivity contribution in [3.63, 3.8) is 0 Å². The zero-order chi connectivity index (χ0) is 22.9. The van der Waals surface area contributed by atoms with Gasteiger partial charge in [-0.05, 0) is 36.8 Å². The number of hydrogen-bond donors (Lipinski definition) is 0. The first-order chi connectivity index (χ1) is 15.2. The van der Waals surface area contributed by atoms with Gasteiger partial charge >= 0.3 is 5.97 Å². The fourth-order valence-corrected chi connectivity index (χ4v) is 4.98. The Bertz CT molecular complexity index is 1080. The fraction of sp³-hybridized carbons (Fsp3) is 0.393. The minimum absolute atomic E-state index is 0.113. The molecule has 1 aliphatic heterocycles. The lowest BCUT2D eigenvalue weighted by atomic mass is 9.63. The number of rotatable bonds is 5. The molecule has 4 rings (SSSR count). The van der Waals surface area contributed by atoms with Crippen LogP contribution in [-0.4, -0.2) is 24.1 Å². The van der Waals surface area contributed by atoms with Gasteiger partial charge in [0.15, 0.2) is 0 Å². The Balaban J connectivity index is 1.66. The van der Waals surface area contributed by atoms with Gasteiger partial charge in [-0.3, -0.25) is 9.79 Å². The minimum Gasteiger partial charge on any atom is -0.462 e. The second-order valence-corrected chi connectivity index (χ2v) is 9.82.